The normalized spacial score (nSPS) is 9.93. The van der Waals surface area contributed by atoms with Crippen molar-refractivity contribution in [3.8, 4) is 5.75 Å². The highest BCUT2D eigenvalue weighted by Gasteiger charge is 2.11. The van der Waals surface area contributed by atoms with Gasteiger partial charge in [-0.1, -0.05) is 15.9 Å². The lowest BCUT2D eigenvalue weighted by molar-refractivity contribution is 0.445. The first kappa shape index (κ1) is 13.4. The first-order valence-electron chi connectivity index (χ1n) is 3.95. The van der Waals surface area contributed by atoms with Gasteiger partial charge in [0.25, 0.3) is 5.17 Å². The van der Waals surface area contributed by atoms with Crippen molar-refractivity contribution in [2.24, 2.45) is 0 Å². The van der Waals surface area contributed by atoms with Gasteiger partial charge in [-0.2, -0.15) is 0 Å². The van der Waals surface area contributed by atoms with E-state index >= 15 is 0 Å². The van der Waals surface area contributed by atoms with E-state index in [0.29, 0.717) is 10.9 Å². The lowest BCUT2D eigenvalue weighted by atomic mass is 10.3. The first-order chi connectivity index (χ1) is 6.91. The Morgan fingerprint density at radius 3 is 2.07 bits per heavy atom. The molecule has 0 aliphatic rings. The number of hydrogen-bond acceptors (Lipinski definition) is 2. The highest BCUT2D eigenvalue weighted by molar-refractivity contribution is 9.11. The number of nitrogens with zero attached hydrogens (tertiary/aromatic N) is 1. The average molecular weight is 418 g/mol. The molecule has 0 aliphatic carbocycles. The average Bonchev–Trinajstić information content (AvgIpc) is 2.10. The maximum Gasteiger partial charge on any atom is 0.264 e. The minimum absolute atomic E-state index is 0.415. The van der Waals surface area contributed by atoms with Gasteiger partial charge in [-0.3, -0.25) is 0 Å². The molecule has 15 heavy (non-hydrogen) atoms. The van der Waals surface area contributed by atoms with Crippen molar-refractivity contribution in [3.63, 3.8) is 0 Å². The van der Waals surface area contributed by atoms with Gasteiger partial charge in [0.05, 0.1) is 8.95 Å². The van der Waals surface area contributed by atoms with Gasteiger partial charge in [0, 0.05) is 18.6 Å². The minimum atomic E-state index is 0.415. The minimum Gasteiger partial charge on any atom is -0.429 e. The second-order valence-electron chi connectivity index (χ2n) is 2.96. The predicted octanol–water partition coefficient (Wildman–Crippen LogP) is 4.20. The molecule has 0 saturated carbocycles. The summed E-state index contributed by atoms with van der Waals surface area (Å²) in [5.74, 6) is 0.678. The van der Waals surface area contributed by atoms with Crippen molar-refractivity contribution in [2.75, 3.05) is 14.1 Å². The molecule has 0 radical (unpaired) electrons. The van der Waals surface area contributed by atoms with Crippen LogP contribution in [0, 0.1) is 0 Å². The van der Waals surface area contributed by atoms with Gasteiger partial charge in [0.15, 0.2) is 5.75 Å². The maximum atomic E-state index is 5.54. The van der Waals surface area contributed by atoms with Crippen LogP contribution >= 0.6 is 60.0 Å². The van der Waals surface area contributed by atoms with Crippen LogP contribution in [-0.2, 0) is 0 Å². The largest absolute Gasteiger partial charge is 0.429 e. The van der Waals surface area contributed by atoms with Crippen molar-refractivity contribution >= 4 is 65.2 Å². The van der Waals surface area contributed by atoms with E-state index < -0.39 is 0 Å². The van der Waals surface area contributed by atoms with Crippen LogP contribution in [0.25, 0.3) is 0 Å². The molecule has 0 aromatic heterocycles. The third kappa shape index (κ3) is 3.69. The van der Waals surface area contributed by atoms with Gasteiger partial charge in [0.1, 0.15) is 0 Å². The molecule has 0 amide bonds. The van der Waals surface area contributed by atoms with Gasteiger partial charge < -0.3 is 9.64 Å². The molecule has 0 bridgehead atoms. The summed E-state index contributed by atoms with van der Waals surface area (Å²) >= 11 is 15.3. The number of rotatable bonds is 1. The van der Waals surface area contributed by atoms with E-state index in [4.69, 9.17) is 17.0 Å². The molecule has 0 spiro atoms. The lowest BCUT2D eigenvalue weighted by Crippen LogP contribution is -2.25. The van der Waals surface area contributed by atoms with Crippen LogP contribution in [-0.4, -0.2) is 24.2 Å². The fraction of sp³-hybridized carbons (Fsp3) is 0.222. The van der Waals surface area contributed by atoms with E-state index in [-0.39, 0.29) is 0 Å². The van der Waals surface area contributed by atoms with Crippen LogP contribution in [0.3, 0.4) is 0 Å². The third-order valence-corrected chi connectivity index (χ3v) is 3.60. The van der Waals surface area contributed by atoms with Crippen LogP contribution in [0.4, 0.5) is 0 Å². The Morgan fingerprint density at radius 2 is 1.67 bits per heavy atom. The fourth-order valence-electron chi connectivity index (χ4n) is 0.805. The second kappa shape index (κ2) is 5.61. The Morgan fingerprint density at radius 1 is 1.20 bits per heavy atom. The molecule has 82 valence electrons. The first-order valence-corrected chi connectivity index (χ1v) is 6.74. The van der Waals surface area contributed by atoms with Gasteiger partial charge in [0.2, 0.25) is 0 Å². The number of ether oxygens (including phenoxy) is 1. The smallest absolute Gasteiger partial charge is 0.264 e. The number of thiocarbonyl (C=S) groups is 1. The lowest BCUT2D eigenvalue weighted by Gasteiger charge is -2.16. The Labute approximate surface area is 119 Å². The van der Waals surface area contributed by atoms with Gasteiger partial charge >= 0.3 is 0 Å². The van der Waals surface area contributed by atoms with Crippen LogP contribution in [0.5, 0.6) is 5.75 Å². The highest BCUT2D eigenvalue weighted by Crippen LogP contribution is 2.36. The van der Waals surface area contributed by atoms with Gasteiger partial charge in [-0.15, -0.1) is 0 Å². The monoisotopic (exact) mass is 415 g/mol. The summed E-state index contributed by atoms with van der Waals surface area (Å²) in [6.07, 6.45) is 0. The van der Waals surface area contributed by atoms with Crippen molar-refractivity contribution in [1.29, 1.82) is 0 Å². The van der Waals surface area contributed by atoms with E-state index in [1.54, 1.807) is 4.90 Å². The molecule has 0 fully saturated rings. The standard InChI is InChI=1S/C9H8Br3NOS/c1-13(2)9(15)14-8-6(11)3-5(10)4-7(8)12/h3-4H,1-2H3. The Hall–Kier alpha value is 0.350. The molecule has 0 atom stereocenters. The van der Waals surface area contributed by atoms with E-state index in [1.165, 1.54) is 0 Å². The number of hydrogen-bond donors (Lipinski definition) is 0. The van der Waals surface area contributed by atoms with Gasteiger partial charge in [-0.05, 0) is 56.2 Å². The summed E-state index contributed by atoms with van der Waals surface area (Å²) in [4.78, 5) is 1.73. The van der Waals surface area contributed by atoms with Crippen molar-refractivity contribution < 1.29 is 4.74 Å². The SMILES string of the molecule is CN(C)C(=S)Oc1c(Br)cc(Br)cc1Br. The third-order valence-electron chi connectivity index (χ3n) is 1.52. The molecule has 1 rings (SSSR count). The quantitative estimate of drug-likeness (QED) is 0.635. The molecular weight excluding hydrogens is 410 g/mol. The summed E-state index contributed by atoms with van der Waals surface area (Å²) in [5.41, 5.74) is 0. The molecule has 0 heterocycles. The molecule has 1 aromatic rings. The molecular formula is C9H8Br3NOS. The van der Waals surface area contributed by atoms with Crippen molar-refractivity contribution in [3.05, 3.63) is 25.6 Å². The Kier molecular flexibility index (Phi) is 5.02. The van der Waals surface area contributed by atoms with Crippen molar-refractivity contribution in [2.45, 2.75) is 0 Å². The predicted molar refractivity (Wildman–Crippen MR) is 76.5 cm³/mol. The molecule has 6 heteroatoms. The summed E-state index contributed by atoms with van der Waals surface area (Å²) in [6.45, 7) is 0. The van der Waals surface area contributed by atoms with Crippen LogP contribution < -0.4 is 4.74 Å². The van der Waals surface area contributed by atoms with Gasteiger partial charge in [-0.25, -0.2) is 0 Å². The second-order valence-corrected chi connectivity index (χ2v) is 5.93. The van der Waals surface area contributed by atoms with E-state index in [9.17, 15) is 0 Å². The highest BCUT2D eigenvalue weighted by atomic mass is 79.9. The summed E-state index contributed by atoms with van der Waals surface area (Å²) in [7, 11) is 3.67. The molecule has 1 aromatic carbocycles. The summed E-state index contributed by atoms with van der Waals surface area (Å²) in [6, 6.07) is 3.80. The van der Waals surface area contributed by atoms with Crippen LogP contribution in [0.1, 0.15) is 0 Å². The Bertz CT molecular complexity index is 372. The van der Waals surface area contributed by atoms with Crippen molar-refractivity contribution in [1.82, 2.24) is 4.90 Å². The van der Waals surface area contributed by atoms with E-state index in [1.807, 2.05) is 26.2 Å². The van der Waals surface area contributed by atoms with E-state index in [0.717, 1.165) is 13.4 Å². The molecule has 2 nitrogen and oxygen atoms in total. The summed E-state index contributed by atoms with van der Waals surface area (Å²) < 4.78 is 8.18. The summed E-state index contributed by atoms with van der Waals surface area (Å²) in [5, 5.41) is 0.415. The topological polar surface area (TPSA) is 12.5 Å². The zero-order valence-corrected chi connectivity index (χ0v) is 13.6. The maximum absolute atomic E-state index is 5.54. The molecule has 0 saturated heterocycles. The Balaban J connectivity index is 3.00. The van der Waals surface area contributed by atoms with Crippen LogP contribution in [0.15, 0.2) is 25.6 Å². The molecule has 0 aliphatic heterocycles. The van der Waals surface area contributed by atoms with Crippen LogP contribution in [0.2, 0.25) is 0 Å². The number of halogens is 3. The fourth-order valence-corrected chi connectivity index (χ4v) is 3.31. The molecule has 0 N–H and O–H groups in total. The zero-order chi connectivity index (χ0) is 11.6. The zero-order valence-electron chi connectivity index (χ0n) is 8.05. The molecule has 0 unspecified atom stereocenters. The number of benzene rings is 1. The van der Waals surface area contributed by atoms with E-state index in [2.05, 4.69) is 47.8 Å².